The van der Waals surface area contributed by atoms with E-state index in [9.17, 15) is 14.4 Å². The van der Waals surface area contributed by atoms with E-state index in [-0.39, 0.29) is 36.6 Å². The summed E-state index contributed by atoms with van der Waals surface area (Å²) < 4.78 is 0. The zero-order valence-corrected chi connectivity index (χ0v) is 10.2. The van der Waals surface area contributed by atoms with E-state index in [1.54, 1.807) is 0 Å². The van der Waals surface area contributed by atoms with E-state index in [4.69, 9.17) is 5.73 Å². The zero-order valence-electron chi connectivity index (χ0n) is 10.2. The van der Waals surface area contributed by atoms with Gasteiger partial charge in [0.2, 0.25) is 17.7 Å². The van der Waals surface area contributed by atoms with Crippen LogP contribution in [0.15, 0.2) is 0 Å². The van der Waals surface area contributed by atoms with Crippen molar-refractivity contribution >= 4 is 17.7 Å². The van der Waals surface area contributed by atoms with E-state index in [1.165, 1.54) is 0 Å². The fourth-order valence-electron chi connectivity index (χ4n) is 1.79. The number of amides is 3. The summed E-state index contributed by atoms with van der Waals surface area (Å²) in [6.07, 6.45) is 0.609. The Morgan fingerprint density at radius 1 is 1.53 bits per heavy atom. The largest absolute Gasteiger partial charge is 0.344 e. The third-order valence-corrected chi connectivity index (χ3v) is 2.95. The molecule has 0 aromatic rings. The lowest BCUT2D eigenvalue weighted by atomic mass is 9.94. The van der Waals surface area contributed by atoms with Gasteiger partial charge in [-0.05, 0) is 12.3 Å². The third kappa shape index (κ3) is 3.52. The Bertz CT molecular complexity index is 328. The maximum absolute atomic E-state index is 11.9. The fourth-order valence-corrected chi connectivity index (χ4v) is 1.79. The first-order valence-electron chi connectivity index (χ1n) is 5.79. The van der Waals surface area contributed by atoms with Crippen LogP contribution >= 0.6 is 0 Å². The van der Waals surface area contributed by atoms with Gasteiger partial charge in [0.15, 0.2) is 0 Å². The number of hydrogen-bond donors (Lipinski definition) is 3. The van der Waals surface area contributed by atoms with E-state index in [0.29, 0.717) is 6.42 Å². The fraction of sp³-hybridized carbons (Fsp3) is 0.727. The van der Waals surface area contributed by atoms with Crippen LogP contribution in [0.4, 0.5) is 0 Å². The Morgan fingerprint density at radius 3 is 2.65 bits per heavy atom. The van der Waals surface area contributed by atoms with Crippen LogP contribution in [-0.2, 0) is 14.4 Å². The summed E-state index contributed by atoms with van der Waals surface area (Å²) in [5, 5.41) is 4.84. The van der Waals surface area contributed by atoms with Crippen LogP contribution in [-0.4, -0.2) is 30.3 Å². The Hall–Kier alpha value is -1.43. The van der Waals surface area contributed by atoms with Gasteiger partial charge in [0, 0.05) is 13.0 Å². The normalized spacial score (nSPS) is 22.2. The summed E-state index contributed by atoms with van der Waals surface area (Å²) in [6, 6.07) is -0.618. The van der Waals surface area contributed by atoms with E-state index in [2.05, 4.69) is 10.6 Å². The van der Waals surface area contributed by atoms with Crippen molar-refractivity contribution in [3.63, 3.8) is 0 Å². The predicted octanol–water partition coefficient (Wildman–Crippen LogP) is -0.861. The first-order valence-corrected chi connectivity index (χ1v) is 5.79. The van der Waals surface area contributed by atoms with Crippen LogP contribution in [0.5, 0.6) is 0 Å². The highest BCUT2D eigenvalue weighted by atomic mass is 16.2. The second-order valence-corrected chi connectivity index (χ2v) is 4.60. The number of rotatable bonds is 4. The molecule has 6 nitrogen and oxygen atoms in total. The van der Waals surface area contributed by atoms with Crippen molar-refractivity contribution in [3.05, 3.63) is 0 Å². The lowest BCUT2D eigenvalue weighted by Crippen LogP contribution is -2.54. The summed E-state index contributed by atoms with van der Waals surface area (Å²) in [7, 11) is 0. The molecule has 0 saturated carbocycles. The number of piperidine rings is 1. The van der Waals surface area contributed by atoms with Crippen LogP contribution in [0.3, 0.4) is 0 Å². The van der Waals surface area contributed by atoms with Gasteiger partial charge in [0.25, 0.3) is 0 Å². The van der Waals surface area contributed by atoms with Crippen molar-refractivity contribution in [1.29, 1.82) is 0 Å². The van der Waals surface area contributed by atoms with Gasteiger partial charge in [0.05, 0.1) is 5.92 Å². The topological polar surface area (TPSA) is 101 Å². The molecule has 3 amide bonds. The molecule has 1 rings (SSSR count). The molecule has 0 spiro atoms. The van der Waals surface area contributed by atoms with Crippen molar-refractivity contribution in [3.8, 4) is 0 Å². The van der Waals surface area contributed by atoms with Crippen LogP contribution in [0, 0.1) is 11.8 Å². The first-order chi connectivity index (χ1) is 7.95. The third-order valence-electron chi connectivity index (χ3n) is 2.95. The Kier molecular flexibility index (Phi) is 4.62. The van der Waals surface area contributed by atoms with E-state index in [1.807, 2.05) is 13.8 Å². The minimum Gasteiger partial charge on any atom is -0.344 e. The number of imide groups is 1. The number of carbonyl (C=O) groups is 3. The molecular formula is C11H19N3O3. The second-order valence-electron chi connectivity index (χ2n) is 4.60. The monoisotopic (exact) mass is 241 g/mol. The first kappa shape index (κ1) is 13.6. The van der Waals surface area contributed by atoms with Crippen molar-refractivity contribution in [1.82, 2.24) is 10.6 Å². The Balaban J connectivity index is 2.56. The molecule has 0 bridgehead atoms. The molecule has 4 N–H and O–H groups in total. The molecule has 0 aromatic carbocycles. The van der Waals surface area contributed by atoms with Gasteiger partial charge in [-0.3, -0.25) is 19.7 Å². The summed E-state index contributed by atoms with van der Waals surface area (Å²) in [5.41, 5.74) is 5.52. The number of nitrogens with two attached hydrogens (primary N) is 1. The van der Waals surface area contributed by atoms with Crippen molar-refractivity contribution in [2.45, 2.75) is 32.7 Å². The van der Waals surface area contributed by atoms with E-state index < -0.39 is 11.9 Å². The minimum atomic E-state index is -0.618. The van der Waals surface area contributed by atoms with Crippen molar-refractivity contribution in [2.75, 3.05) is 6.54 Å². The highest BCUT2D eigenvalue weighted by Crippen LogP contribution is 2.11. The molecule has 1 saturated heterocycles. The Labute approximate surface area is 100 Å². The van der Waals surface area contributed by atoms with Gasteiger partial charge in [0.1, 0.15) is 6.04 Å². The number of hydrogen-bond acceptors (Lipinski definition) is 4. The molecule has 0 aliphatic carbocycles. The molecule has 1 aliphatic rings. The van der Waals surface area contributed by atoms with Crippen LogP contribution in [0.1, 0.15) is 26.7 Å². The molecule has 1 aliphatic heterocycles. The van der Waals surface area contributed by atoms with Crippen molar-refractivity contribution in [2.24, 2.45) is 17.6 Å². The minimum absolute atomic E-state index is 0.119. The average Bonchev–Trinajstić information content (AvgIpc) is 2.22. The number of carbonyl (C=O) groups excluding carboxylic acids is 3. The maximum atomic E-state index is 11.9. The SMILES string of the molecule is CC(C)C(CN)C(=O)NC1CCC(=O)NC1=O. The molecule has 0 radical (unpaired) electrons. The lowest BCUT2D eigenvalue weighted by Gasteiger charge is -2.25. The highest BCUT2D eigenvalue weighted by Gasteiger charge is 2.30. The predicted molar refractivity (Wildman–Crippen MR) is 61.7 cm³/mol. The number of nitrogens with one attached hydrogen (secondary N) is 2. The molecule has 0 aromatic heterocycles. The van der Waals surface area contributed by atoms with Gasteiger partial charge in [-0.15, -0.1) is 0 Å². The highest BCUT2D eigenvalue weighted by molar-refractivity contribution is 6.01. The molecule has 96 valence electrons. The molecule has 2 unspecified atom stereocenters. The summed E-state index contributed by atoms with van der Waals surface area (Å²) in [5.74, 6) is -1.14. The van der Waals surface area contributed by atoms with Crippen LogP contribution in [0.2, 0.25) is 0 Å². The lowest BCUT2D eigenvalue weighted by molar-refractivity contribution is -0.138. The maximum Gasteiger partial charge on any atom is 0.249 e. The molecule has 17 heavy (non-hydrogen) atoms. The second kappa shape index (κ2) is 5.77. The van der Waals surface area contributed by atoms with Gasteiger partial charge in [-0.1, -0.05) is 13.8 Å². The van der Waals surface area contributed by atoms with Gasteiger partial charge < -0.3 is 11.1 Å². The summed E-state index contributed by atoms with van der Waals surface area (Å²) >= 11 is 0. The van der Waals surface area contributed by atoms with Gasteiger partial charge in [-0.2, -0.15) is 0 Å². The van der Waals surface area contributed by atoms with E-state index >= 15 is 0 Å². The molecular weight excluding hydrogens is 222 g/mol. The zero-order chi connectivity index (χ0) is 13.0. The Morgan fingerprint density at radius 2 is 2.18 bits per heavy atom. The quantitative estimate of drug-likeness (QED) is 0.557. The van der Waals surface area contributed by atoms with Gasteiger partial charge in [-0.25, -0.2) is 0 Å². The smallest absolute Gasteiger partial charge is 0.249 e. The molecule has 1 heterocycles. The van der Waals surface area contributed by atoms with E-state index in [0.717, 1.165) is 0 Å². The summed E-state index contributed by atoms with van der Waals surface area (Å²) in [4.78, 5) is 34.2. The standard InChI is InChI=1S/C11H19N3O3/c1-6(2)7(5-12)10(16)13-8-3-4-9(15)14-11(8)17/h6-8H,3-5,12H2,1-2H3,(H,13,16)(H,14,15,17). The van der Waals surface area contributed by atoms with Crippen molar-refractivity contribution < 1.29 is 14.4 Å². The molecule has 6 heteroatoms. The molecule has 1 fully saturated rings. The van der Waals surface area contributed by atoms with Gasteiger partial charge >= 0.3 is 0 Å². The average molecular weight is 241 g/mol. The van der Waals surface area contributed by atoms with Crippen LogP contribution < -0.4 is 16.4 Å². The summed E-state index contributed by atoms with van der Waals surface area (Å²) in [6.45, 7) is 4.06. The molecule has 2 atom stereocenters. The van der Waals surface area contributed by atoms with Crippen LogP contribution in [0.25, 0.3) is 0 Å².